The van der Waals surface area contributed by atoms with Crippen molar-refractivity contribution in [3.63, 3.8) is 0 Å². The second kappa shape index (κ2) is 12.9. The Morgan fingerprint density at radius 3 is 1.97 bits per heavy atom. The van der Waals surface area contributed by atoms with Crippen LogP contribution in [-0.4, -0.2) is 53.5 Å². The van der Waals surface area contributed by atoms with Gasteiger partial charge < -0.3 is 20.5 Å². The summed E-state index contributed by atoms with van der Waals surface area (Å²) in [7, 11) is 0. The van der Waals surface area contributed by atoms with E-state index in [1.54, 1.807) is 41.5 Å². The average molecular weight is 442 g/mol. The normalized spacial score (nSPS) is 13.4. The lowest BCUT2D eigenvalue weighted by Crippen LogP contribution is -2.50. The molecule has 0 radical (unpaired) electrons. The van der Waals surface area contributed by atoms with E-state index in [1.807, 2.05) is 0 Å². The van der Waals surface area contributed by atoms with Crippen molar-refractivity contribution in [3.05, 3.63) is 10.4 Å². The molecule has 2 atom stereocenters. The van der Waals surface area contributed by atoms with Crippen molar-refractivity contribution in [2.45, 2.75) is 96.9 Å². The molecule has 0 aromatic carbocycles. The monoisotopic (exact) mass is 441 g/mol. The minimum Gasteiger partial charge on any atom is -0.460 e. The molecule has 0 aliphatic rings. The number of nitrogens with two attached hydrogens (primary N) is 1. The molecular weight excluding hydrogens is 406 g/mol. The van der Waals surface area contributed by atoms with Gasteiger partial charge in [0, 0.05) is 17.9 Å². The number of hydrogen-bond acceptors (Lipinski definition) is 8. The van der Waals surface area contributed by atoms with E-state index in [1.165, 1.54) is 0 Å². The van der Waals surface area contributed by atoms with E-state index in [4.69, 9.17) is 20.7 Å². The number of esters is 2. The number of ketones is 1. The molecule has 0 spiro atoms. The number of carbonyl (C=O) groups excluding carboxylic acids is 4. The number of carbonyl (C=O) groups is 4. The number of azide groups is 1. The second-order valence-corrected chi connectivity index (χ2v) is 9.13. The molecule has 2 unspecified atom stereocenters. The zero-order valence-electron chi connectivity index (χ0n) is 19.3. The molecule has 0 aromatic heterocycles. The highest BCUT2D eigenvalue weighted by atomic mass is 16.6. The van der Waals surface area contributed by atoms with Gasteiger partial charge in [0.05, 0.1) is 24.9 Å². The molecular formula is C20H35N5O6. The third-order valence-corrected chi connectivity index (χ3v) is 3.63. The maximum Gasteiger partial charge on any atom is 0.308 e. The molecule has 11 nitrogen and oxygen atoms in total. The number of hydrogen-bond donors (Lipinski definition) is 2. The van der Waals surface area contributed by atoms with E-state index in [9.17, 15) is 19.2 Å². The van der Waals surface area contributed by atoms with Crippen LogP contribution in [0.3, 0.4) is 0 Å². The fourth-order valence-corrected chi connectivity index (χ4v) is 2.43. The highest BCUT2D eigenvalue weighted by Crippen LogP contribution is 2.12. The summed E-state index contributed by atoms with van der Waals surface area (Å²) in [5.74, 6) is -2.43. The highest BCUT2D eigenvalue weighted by molar-refractivity contribution is 5.94. The van der Waals surface area contributed by atoms with Crippen LogP contribution in [0.5, 0.6) is 0 Å². The standard InChI is InChI=1S/C20H35N5O6/c1-19(2,3)30-16(27)11-13(21)18(29)24-14(12-17(28)31-20(4,5)6)15(26)9-7-8-10-23-25-22/h13-14H,7-12,21H2,1-6H3,(H,24,29). The Morgan fingerprint density at radius 1 is 0.968 bits per heavy atom. The van der Waals surface area contributed by atoms with Crippen molar-refractivity contribution < 1.29 is 28.7 Å². The molecule has 3 N–H and O–H groups in total. The maximum absolute atomic E-state index is 12.6. The first-order chi connectivity index (χ1) is 14.1. The molecule has 176 valence electrons. The van der Waals surface area contributed by atoms with Gasteiger partial charge in [-0.25, -0.2) is 0 Å². The van der Waals surface area contributed by atoms with Gasteiger partial charge in [0.25, 0.3) is 0 Å². The molecule has 0 saturated carbocycles. The average Bonchev–Trinajstić information content (AvgIpc) is 2.57. The molecule has 0 aromatic rings. The quantitative estimate of drug-likeness (QED) is 0.154. The van der Waals surface area contributed by atoms with E-state index in [-0.39, 0.29) is 31.6 Å². The zero-order valence-corrected chi connectivity index (χ0v) is 19.3. The van der Waals surface area contributed by atoms with Gasteiger partial charge >= 0.3 is 11.9 Å². The summed E-state index contributed by atoms with van der Waals surface area (Å²) in [6, 6.07) is -2.39. The summed E-state index contributed by atoms with van der Waals surface area (Å²) in [5.41, 5.74) is 12.6. The van der Waals surface area contributed by atoms with Crippen LogP contribution in [0.2, 0.25) is 0 Å². The molecule has 31 heavy (non-hydrogen) atoms. The number of nitrogens with zero attached hydrogens (tertiary/aromatic N) is 3. The third kappa shape index (κ3) is 14.9. The second-order valence-electron chi connectivity index (χ2n) is 9.13. The minimum atomic E-state index is -1.24. The van der Waals surface area contributed by atoms with Gasteiger partial charge in [-0.3, -0.25) is 19.2 Å². The van der Waals surface area contributed by atoms with Crippen LogP contribution in [0.1, 0.15) is 73.6 Å². The third-order valence-electron chi connectivity index (χ3n) is 3.63. The molecule has 0 bridgehead atoms. The Morgan fingerprint density at radius 2 is 1.48 bits per heavy atom. The van der Waals surface area contributed by atoms with Crippen molar-refractivity contribution in [1.29, 1.82) is 0 Å². The van der Waals surface area contributed by atoms with Gasteiger partial charge in [-0.2, -0.15) is 0 Å². The predicted octanol–water partition coefficient (Wildman–Crippen LogP) is 2.31. The fraction of sp³-hybridized carbons (Fsp3) is 0.800. The Labute approximate surface area is 183 Å². The van der Waals surface area contributed by atoms with Gasteiger partial charge in [-0.15, -0.1) is 0 Å². The summed E-state index contributed by atoms with van der Waals surface area (Å²) >= 11 is 0. The van der Waals surface area contributed by atoms with Crippen LogP contribution in [0.15, 0.2) is 5.11 Å². The Balaban J connectivity index is 5.06. The number of unbranched alkanes of at least 4 members (excludes halogenated alkanes) is 1. The molecule has 0 aliphatic carbocycles. The summed E-state index contributed by atoms with van der Waals surface area (Å²) in [5, 5.41) is 5.84. The van der Waals surface area contributed by atoms with E-state index >= 15 is 0 Å². The van der Waals surface area contributed by atoms with E-state index in [0.29, 0.717) is 12.8 Å². The van der Waals surface area contributed by atoms with Crippen LogP contribution in [0, 0.1) is 0 Å². The van der Waals surface area contributed by atoms with Crippen molar-refractivity contribution in [2.24, 2.45) is 10.8 Å². The van der Waals surface area contributed by atoms with Crippen LogP contribution in [-0.2, 0) is 28.7 Å². The largest absolute Gasteiger partial charge is 0.460 e. The minimum absolute atomic E-state index is 0.0655. The lowest BCUT2D eigenvalue weighted by atomic mass is 10.0. The van der Waals surface area contributed by atoms with E-state index in [2.05, 4.69) is 15.3 Å². The summed E-state index contributed by atoms with van der Waals surface area (Å²) in [6.07, 6.45) is 0.236. The smallest absolute Gasteiger partial charge is 0.308 e. The molecule has 0 rings (SSSR count). The number of Topliss-reactive ketones (excluding diaryl/α,β-unsaturated/α-hetero) is 1. The summed E-state index contributed by atoms with van der Waals surface area (Å²) < 4.78 is 10.4. The van der Waals surface area contributed by atoms with Gasteiger partial charge in [0.15, 0.2) is 5.78 Å². The number of amides is 1. The molecule has 11 heteroatoms. The zero-order chi connectivity index (χ0) is 24.2. The van der Waals surface area contributed by atoms with Crippen LogP contribution < -0.4 is 11.1 Å². The molecule has 0 aliphatic heterocycles. The van der Waals surface area contributed by atoms with Crippen molar-refractivity contribution in [2.75, 3.05) is 6.54 Å². The van der Waals surface area contributed by atoms with Crippen LogP contribution in [0.25, 0.3) is 10.4 Å². The molecule has 0 heterocycles. The lowest BCUT2D eigenvalue weighted by Gasteiger charge is -2.24. The summed E-state index contributed by atoms with van der Waals surface area (Å²) in [4.78, 5) is 51.7. The number of ether oxygens (including phenoxy) is 2. The lowest BCUT2D eigenvalue weighted by molar-refractivity contribution is -0.158. The first-order valence-electron chi connectivity index (χ1n) is 10.2. The molecule has 1 amide bonds. The van der Waals surface area contributed by atoms with Gasteiger partial charge in [-0.1, -0.05) is 5.11 Å². The Bertz CT molecular complexity index is 689. The predicted molar refractivity (Wildman–Crippen MR) is 114 cm³/mol. The van der Waals surface area contributed by atoms with Crippen molar-refractivity contribution >= 4 is 23.6 Å². The van der Waals surface area contributed by atoms with Crippen LogP contribution in [0.4, 0.5) is 0 Å². The number of nitrogens with one attached hydrogen (secondary N) is 1. The van der Waals surface area contributed by atoms with E-state index in [0.717, 1.165) is 0 Å². The van der Waals surface area contributed by atoms with Crippen molar-refractivity contribution in [1.82, 2.24) is 5.32 Å². The topological polar surface area (TPSA) is 174 Å². The van der Waals surface area contributed by atoms with Gasteiger partial charge in [-0.05, 0) is 59.9 Å². The first kappa shape index (κ1) is 28.4. The van der Waals surface area contributed by atoms with E-state index < -0.39 is 41.1 Å². The Kier molecular flexibility index (Phi) is 11.8. The SMILES string of the molecule is CC(C)(C)OC(=O)CC(N)C(=O)NC(CC(=O)OC(C)(C)C)C(=O)CCCCN=[N+]=[N-]. The molecule has 0 saturated heterocycles. The summed E-state index contributed by atoms with van der Waals surface area (Å²) in [6.45, 7) is 10.4. The first-order valence-corrected chi connectivity index (χ1v) is 10.2. The van der Waals surface area contributed by atoms with Gasteiger partial charge in [0.1, 0.15) is 11.2 Å². The fourth-order valence-electron chi connectivity index (χ4n) is 2.43. The van der Waals surface area contributed by atoms with Gasteiger partial charge in [0.2, 0.25) is 5.91 Å². The number of rotatable bonds is 12. The Hall–Kier alpha value is -2.65. The van der Waals surface area contributed by atoms with Crippen LogP contribution >= 0.6 is 0 Å². The maximum atomic E-state index is 12.6. The van der Waals surface area contributed by atoms with Crippen molar-refractivity contribution in [3.8, 4) is 0 Å². The highest BCUT2D eigenvalue weighted by Gasteiger charge is 2.29. The molecule has 0 fully saturated rings.